The van der Waals surface area contributed by atoms with Crippen molar-refractivity contribution in [2.45, 2.75) is 25.0 Å². The summed E-state index contributed by atoms with van der Waals surface area (Å²) in [6, 6.07) is 7.91. The second-order valence-corrected chi connectivity index (χ2v) is 7.30. The molecule has 4 heteroatoms. The lowest BCUT2D eigenvalue weighted by Gasteiger charge is -2.25. The normalized spacial score (nSPS) is 19.1. The largest absolute Gasteiger partial charge is 0.370 e. The fraction of sp³-hybridized carbons (Fsp3) is 0.500. The molecule has 1 fully saturated rings. The van der Waals surface area contributed by atoms with E-state index in [1.165, 1.54) is 0 Å². The molecule has 0 bridgehead atoms. The van der Waals surface area contributed by atoms with Gasteiger partial charge >= 0.3 is 0 Å². The lowest BCUT2D eigenvalue weighted by molar-refractivity contribution is 0.637. The molecular weight excluding hydrogens is 264 g/mol. The number of nitriles is 1. The van der Waals surface area contributed by atoms with Crippen LogP contribution >= 0.6 is 23.4 Å². The van der Waals surface area contributed by atoms with E-state index in [4.69, 9.17) is 11.6 Å². The number of halogens is 1. The molecular formula is C14H17ClN2S. The summed E-state index contributed by atoms with van der Waals surface area (Å²) in [5.41, 5.74) is 1.58. The molecule has 0 saturated carbocycles. The van der Waals surface area contributed by atoms with E-state index < -0.39 is 0 Å². The zero-order valence-corrected chi connectivity index (χ0v) is 12.3. The van der Waals surface area contributed by atoms with Crippen LogP contribution in [-0.2, 0) is 0 Å². The zero-order chi connectivity index (χ0) is 13.2. The van der Waals surface area contributed by atoms with E-state index in [1.807, 2.05) is 23.9 Å². The molecule has 1 heterocycles. The molecule has 96 valence electrons. The number of benzene rings is 1. The Labute approximate surface area is 118 Å². The van der Waals surface area contributed by atoms with Crippen LogP contribution in [0.2, 0.25) is 5.02 Å². The van der Waals surface area contributed by atoms with E-state index in [9.17, 15) is 5.26 Å². The molecule has 1 saturated heterocycles. The van der Waals surface area contributed by atoms with Crippen molar-refractivity contribution < 1.29 is 0 Å². The molecule has 0 atom stereocenters. The van der Waals surface area contributed by atoms with Crippen LogP contribution in [0.3, 0.4) is 0 Å². The molecule has 1 aliphatic heterocycles. The van der Waals surface area contributed by atoms with Crippen molar-refractivity contribution in [2.24, 2.45) is 0 Å². The summed E-state index contributed by atoms with van der Waals surface area (Å²) in [4.78, 5) is 2.28. The van der Waals surface area contributed by atoms with Gasteiger partial charge in [-0.25, -0.2) is 0 Å². The summed E-state index contributed by atoms with van der Waals surface area (Å²) >= 11 is 8.09. The lowest BCUT2D eigenvalue weighted by Crippen LogP contribution is -2.27. The third-order valence-electron chi connectivity index (χ3n) is 3.28. The van der Waals surface area contributed by atoms with Crippen molar-refractivity contribution in [3.63, 3.8) is 0 Å². The van der Waals surface area contributed by atoms with Gasteiger partial charge in [0, 0.05) is 23.6 Å². The van der Waals surface area contributed by atoms with Crippen molar-refractivity contribution in [3.8, 4) is 6.07 Å². The van der Waals surface area contributed by atoms with E-state index in [-0.39, 0.29) is 0 Å². The van der Waals surface area contributed by atoms with Crippen LogP contribution in [-0.4, -0.2) is 23.6 Å². The van der Waals surface area contributed by atoms with Gasteiger partial charge in [0.15, 0.2) is 0 Å². The summed E-state index contributed by atoms with van der Waals surface area (Å²) in [5.74, 6) is 1.09. The standard InChI is InChI=1S/C14H17ClN2S/c1-14(2)6-7-17(8-9-18-14)13-5-3-4-12(15)11(13)10-16/h3-5H,6-9H2,1-2H3. The second kappa shape index (κ2) is 5.42. The summed E-state index contributed by atoms with van der Waals surface area (Å²) in [6.07, 6.45) is 1.12. The number of hydrogen-bond acceptors (Lipinski definition) is 3. The topological polar surface area (TPSA) is 27.0 Å². The number of thioether (sulfide) groups is 1. The van der Waals surface area contributed by atoms with Crippen LogP contribution < -0.4 is 4.90 Å². The average Bonchev–Trinajstić information content (AvgIpc) is 2.50. The first-order valence-corrected chi connectivity index (χ1v) is 7.47. The van der Waals surface area contributed by atoms with Crippen LogP contribution in [0, 0.1) is 11.3 Å². The highest BCUT2D eigenvalue weighted by atomic mass is 35.5. The zero-order valence-electron chi connectivity index (χ0n) is 10.7. The Morgan fingerprint density at radius 2 is 2.17 bits per heavy atom. The Hall–Kier alpha value is -0.850. The van der Waals surface area contributed by atoms with E-state index in [1.54, 1.807) is 6.07 Å². The van der Waals surface area contributed by atoms with Gasteiger partial charge in [0.1, 0.15) is 6.07 Å². The quantitative estimate of drug-likeness (QED) is 0.780. The highest BCUT2D eigenvalue weighted by molar-refractivity contribution is 8.00. The number of nitrogens with zero attached hydrogens (tertiary/aromatic N) is 2. The SMILES string of the molecule is CC1(C)CCN(c2cccc(Cl)c2C#N)CCS1. The molecule has 2 nitrogen and oxygen atoms in total. The van der Waals surface area contributed by atoms with Crippen molar-refractivity contribution in [2.75, 3.05) is 23.7 Å². The van der Waals surface area contributed by atoms with Crippen LogP contribution in [0.15, 0.2) is 18.2 Å². The Morgan fingerprint density at radius 3 is 2.89 bits per heavy atom. The molecule has 0 aromatic heterocycles. The summed E-state index contributed by atoms with van der Waals surface area (Å²) < 4.78 is 0.320. The first kappa shape index (κ1) is 13.6. The van der Waals surface area contributed by atoms with E-state index in [0.717, 1.165) is 31.0 Å². The minimum absolute atomic E-state index is 0.320. The van der Waals surface area contributed by atoms with Crippen LogP contribution in [0.5, 0.6) is 0 Å². The molecule has 18 heavy (non-hydrogen) atoms. The van der Waals surface area contributed by atoms with Gasteiger partial charge < -0.3 is 4.90 Å². The van der Waals surface area contributed by atoms with Gasteiger partial charge in [-0.15, -0.1) is 0 Å². The Bertz CT molecular complexity index is 479. The van der Waals surface area contributed by atoms with Gasteiger partial charge in [0.25, 0.3) is 0 Å². The van der Waals surface area contributed by atoms with Crippen LogP contribution in [0.1, 0.15) is 25.8 Å². The van der Waals surface area contributed by atoms with Crippen LogP contribution in [0.4, 0.5) is 5.69 Å². The smallest absolute Gasteiger partial charge is 0.103 e. The molecule has 0 radical (unpaired) electrons. The first-order chi connectivity index (χ1) is 8.53. The summed E-state index contributed by atoms with van der Waals surface area (Å²) in [7, 11) is 0. The van der Waals surface area contributed by atoms with Crippen LogP contribution in [0.25, 0.3) is 0 Å². The number of hydrogen-bond donors (Lipinski definition) is 0. The molecule has 0 unspecified atom stereocenters. The monoisotopic (exact) mass is 280 g/mol. The van der Waals surface area contributed by atoms with E-state index in [0.29, 0.717) is 15.3 Å². The molecule has 1 aromatic carbocycles. The number of anilines is 1. The molecule has 0 amide bonds. The lowest BCUT2D eigenvalue weighted by atomic mass is 10.1. The maximum Gasteiger partial charge on any atom is 0.103 e. The minimum atomic E-state index is 0.320. The third-order valence-corrected chi connectivity index (χ3v) is 4.97. The van der Waals surface area contributed by atoms with Gasteiger partial charge in [0.2, 0.25) is 0 Å². The Morgan fingerprint density at radius 1 is 1.39 bits per heavy atom. The molecule has 2 rings (SSSR count). The van der Waals surface area contributed by atoms with Gasteiger partial charge in [0.05, 0.1) is 16.3 Å². The predicted octanol–water partition coefficient (Wildman–Crippen LogP) is 3.93. The molecule has 0 N–H and O–H groups in total. The third kappa shape index (κ3) is 2.93. The molecule has 1 aliphatic rings. The Kier molecular flexibility index (Phi) is 4.09. The molecule has 1 aromatic rings. The predicted molar refractivity (Wildman–Crippen MR) is 79.5 cm³/mol. The van der Waals surface area contributed by atoms with Crippen molar-refractivity contribution in [1.82, 2.24) is 0 Å². The Balaban J connectivity index is 2.27. The van der Waals surface area contributed by atoms with Crippen molar-refractivity contribution >= 4 is 29.1 Å². The summed E-state index contributed by atoms with van der Waals surface area (Å²) in [6.45, 7) is 6.52. The highest BCUT2D eigenvalue weighted by Gasteiger charge is 2.25. The fourth-order valence-corrected chi connectivity index (χ4v) is 3.46. The molecule has 0 aliphatic carbocycles. The fourth-order valence-electron chi connectivity index (χ4n) is 2.15. The first-order valence-electron chi connectivity index (χ1n) is 6.11. The average molecular weight is 281 g/mol. The second-order valence-electron chi connectivity index (χ2n) is 5.09. The van der Waals surface area contributed by atoms with Gasteiger partial charge in [-0.2, -0.15) is 17.0 Å². The molecule has 0 spiro atoms. The number of rotatable bonds is 1. The van der Waals surface area contributed by atoms with Gasteiger partial charge in [-0.1, -0.05) is 31.5 Å². The van der Waals surface area contributed by atoms with Crippen molar-refractivity contribution in [3.05, 3.63) is 28.8 Å². The maximum atomic E-state index is 9.24. The summed E-state index contributed by atoms with van der Waals surface area (Å²) in [5, 5.41) is 9.78. The maximum absolute atomic E-state index is 9.24. The van der Waals surface area contributed by atoms with E-state index >= 15 is 0 Å². The van der Waals surface area contributed by atoms with Gasteiger partial charge in [-0.05, 0) is 18.6 Å². The van der Waals surface area contributed by atoms with Crippen molar-refractivity contribution in [1.29, 1.82) is 5.26 Å². The van der Waals surface area contributed by atoms with Gasteiger partial charge in [-0.3, -0.25) is 0 Å². The van der Waals surface area contributed by atoms with E-state index in [2.05, 4.69) is 24.8 Å². The minimum Gasteiger partial charge on any atom is -0.370 e. The highest BCUT2D eigenvalue weighted by Crippen LogP contribution is 2.34.